The van der Waals surface area contributed by atoms with Crippen molar-refractivity contribution in [2.45, 2.75) is 20.3 Å². The minimum Gasteiger partial charge on any atom is -0.265 e. The summed E-state index contributed by atoms with van der Waals surface area (Å²) in [5, 5.41) is 2.73. The molecule has 0 unspecified atom stereocenters. The van der Waals surface area contributed by atoms with Crippen LogP contribution in [0.2, 0.25) is 5.15 Å². The van der Waals surface area contributed by atoms with Crippen LogP contribution in [0.4, 0.5) is 0 Å². The van der Waals surface area contributed by atoms with Gasteiger partial charge in [0.05, 0.1) is 0 Å². The average molecular weight is 285 g/mol. The molecule has 0 atom stereocenters. The molecule has 0 spiro atoms. The van der Waals surface area contributed by atoms with E-state index >= 15 is 0 Å². The second-order valence-electron chi connectivity index (χ2n) is 4.15. The summed E-state index contributed by atoms with van der Waals surface area (Å²) in [4.78, 5) is 8.28. The number of rotatable bonds is 2. The molecular weight excluding hydrogens is 268 g/mol. The van der Waals surface area contributed by atoms with Gasteiger partial charge < -0.3 is 0 Å². The monoisotopic (exact) mass is 284 g/mol. The van der Waals surface area contributed by atoms with E-state index in [1.54, 1.807) is 12.4 Å². The molecule has 0 saturated heterocycles. The third kappa shape index (κ3) is 3.14. The van der Waals surface area contributed by atoms with E-state index in [0.29, 0.717) is 5.15 Å². The number of hydrogen-bond donors (Lipinski definition) is 0. The number of aromatic nitrogens is 2. The Hall–Kier alpha value is -1.93. The van der Waals surface area contributed by atoms with E-state index < -0.39 is 0 Å². The van der Waals surface area contributed by atoms with Crippen LogP contribution < -0.4 is 0 Å². The molecule has 20 heavy (non-hydrogen) atoms. The molecule has 0 saturated carbocycles. The van der Waals surface area contributed by atoms with E-state index in [4.69, 9.17) is 11.6 Å². The second kappa shape index (κ2) is 7.01. The van der Waals surface area contributed by atoms with Crippen molar-refractivity contribution in [1.82, 2.24) is 9.97 Å². The maximum absolute atomic E-state index is 6.11. The highest BCUT2D eigenvalue weighted by Gasteiger charge is 2.05. The molecular formula is C17H17ClN2. The fraction of sp³-hybridized carbons (Fsp3) is 0.176. The first-order valence-electron chi connectivity index (χ1n) is 6.75. The molecule has 3 rings (SSSR count). The van der Waals surface area contributed by atoms with Gasteiger partial charge in [0.25, 0.3) is 0 Å². The van der Waals surface area contributed by atoms with Crippen molar-refractivity contribution in [2.24, 2.45) is 0 Å². The Morgan fingerprint density at radius 1 is 0.950 bits per heavy atom. The quantitative estimate of drug-likeness (QED) is 0.626. The van der Waals surface area contributed by atoms with Gasteiger partial charge in [-0.25, -0.2) is 4.98 Å². The van der Waals surface area contributed by atoms with Crippen LogP contribution in [-0.4, -0.2) is 9.97 Å². The lowest BCUT2D eigenvalue weighted by molar-refractivity contribution is 1.15. The highest BCUT2D eigenvalue weighted by atomic mass is 35.5. The first kappa shape index (κ1) is 14.5. The highest BCUT2D eigenvalue weighted by Crippen LogP contribution is 2.25. The van der Waals surface area contributed by atoms with Crippen LogP contribution in [0.25, 0.3) is 10.8 Å². The van der Waals surface area contributed by atoms with Gasteiger partial charge in [0.15, 0.2) is 0 Å². The lowest BCUT2D eigenvalue weighted by Crippen LogP contribution is -1.92. The number of halogens is 1. The van der Waals surface area contributed by atoms with Crippen molar-refractivity contribution in [3.8, 4) is 0 Å². The van der Waals surface area contributed by atoms with Crippen molar-refractivity contribution < 1.29 is 0 Å². The van der Waals surface area contributed by atoms with Crippen LogP contribution >= 0.6 is 11.6 Å². The van der Waals surface area contributed by atoms with Crippen LogP contribution in [0.15, 0.2) is 55.0 Å². The largest absolute Gasteiger partial charge is 0.265 e. The third-order valence-electron chi connectivity index (χ3n) is 2.97. The summed E-state index contributed by atoms with van der Waals surface area (Å²) in [5.41, 5.74) is 2.40. The maximum Gasteiger partial charge on any atom is 0.136 e. The van der Waals surface area contributed by atoms with Crippen molar-refractivity contribution in [3.63, 3.8) is 0 Å². The molecule has 0 N–H and O–H groups in total. The van der Waals surface area contributed by atoms with Gasteiger partial charge in [-0.3, -0.25) is 4.98 Å². The summed E-state index contributed by atoms with van der Waals surface area (Å²) in [6.07, 6.45) is 6.31. The Morgan fingerprint density at radius 3 is 2.30 bits per heavy atom. The standard InChI is InChI=1S/C15H11ClN2.C2H6/c16-15-14-4-2-1-3-13(14)12(10-18-15)9-11-5-7-17-8-6-11;1-2/h1-8,10H,9H2;1-2H3. The number of fused-ring (bicyclic) bond motifs is 1. The molecule has 2 aromatic heterocycles. The topological polar surface area (TPSA) is 25.8 Å². The van der Waals surface area contributed by atoms with E-state index in [1.165, 1.54) is 11.1 Å². The smallest absolute Gasteiger partial charge is 0.136 e. The van der Waals surface area contributed by atoms with E-state index in [2.05, 4.69) is 16.0 Å². The molecule has 0 radical (unpaired) electrons. The fourth-order valence-electron chi connectivity index (χ4n) is 2.08. The molecule has 102 valence electrons. The first-order valence-corrected chi connectivity index (χ1v) is 7.13. The molecule has 0 aliphatic rings. The zero-order chi connectivity index (χ0) is 14.4. The Morgan fingerprint density at radius 2 is 1.60 bits per heavy atom. The van der Waals surface area contributed by atoms with Crippen molar-refractivity contribution >= 4 is 22.4 Å². The molecule has 1 aromatic carbocycles. The lowest BCUT2D eigenvalue weighted by Gasteiger charge is -2.07. The first-order chi connectivity index (χ1) is 9.84. The SMILES string of the molecule is CC.Clc1ncc(Cc2ccncc2)c2ccccc12. The number of pyridine rings is 2. The van der Waals surface area contributed by atoms with Crippen LogP contribution in [-0.2, 0) is 6.42 Å². The van der Waals surface area contributed by atoms with Gasteiger partial charge in [-0.05, 0) is 35.1 Å². The summed E-state index contributed by atoms with van der Waals surface area (Å²) < 4.78 is 0. The molecule has 2 nitrogen and oxygen atoms in total. The van der Waals surface area contributed by atoms with Crippen LogP contribution in [0.1, 0.15) is 25.0 Å². The number of nitrogens with zero attached hydrogens (tertiary/aromatic N) is 2. The van der Waals surface area contributed by atoms with Crippen LogP contribution in [0, 0.1) is 0 Å². The van der Waals surface area contributed by atoms with E-state index in [1.807, 2.05) is 50.4 Å². The molecule has 2 heterocycles. The third-order valence-corrected chi connectivity index (χ3v) is 3.27. The number of benzene rings is 1. The molecule has 0 bridgehead atoms. The normalized spacial score (nSPS) is 9.95. The van der Waals surface area contributed by atoms with Gasteiger partial charge in [-0.1, -0.05) is 49.7 Å². The highest BCUT2D eigenvalue weighted by molar-refractivity contribution is 6.34. The van der Waals surface area contributed by atoms with E-state index in [9.17, 15) is 0 Å². The van der Waals surface area contributed by atoms with Gasteiger partial charge in [0, 0.05) is 24.0 Å². The van der Waals surface area contributed by atoms with E-state index in [0.717, 1.165) is 17.2 Å². The Bertz CT molecular complexity index is 681. The molecule has 3 heteroatoms. The molecule has 3 aromatic rings. The minimum absolute atomic E-state index is 0.559. The second-order valence-corrected chi connectivity index (χ2v) is 4.51. The lowest BCUT2D eigenvalue weighted by atomic mass is 10.0. The van der Waals surface area contributed by atoms with Gasteiger partial charge >= 0.3 is 0 Å². The average Bonchev–Trinajstić information content (AvgIpc) is 2.53. The van der Waals surface area contributed by atoms with Gasteiger partial charge in [0.1, 0.15) is 5.15 Å². The summed E-state index contributed by atoms with van der Waals surface area (Å²) in [6, 6.07) is 12.1. The van der Waals surface area contributed by atoms with Crippen LogP contribution in [0.3, 0.4) is 0 Å². The summed E-state index contributed by atoms with van der Waals surface area (Å²) in [7, 11) is 0. The Kier molecular flexibility index (Phi) is 5.08. The predicted octanol–water partition coefficient (Wildman–Crippen LogP) is 4.90. The minimum atomic E-state index is 0.559. The van der Waals surface area contributed by atoms with Crippen molar-refractivity contribution in [1.29, 1.82) is 0 Å². The summed E-state index contributed by atoms with van der Waals surface area (Å²) in [6.45, 7) is 4.00. The zero-order valence-electron chi connectivity index (χ0n) is 11.7. The van der Waals surface area contributed by atoms with Gasteiger partial charge in [-0.15, -0.1) is 0 Å². The predicted molar refractivity (Wildman–Crippen MR) is 85.1 cm³/mol. The number of hydrogen-bond acceptors (Lipinski definition) is 2. The zero-order valence-corrected chi connectivity index (χ0v) is 12.4. The molecule has 0 aliphatic carbocycles. The molecule has 0 fully saturated rings. The van der Waals surface area contributed by atoms with Crippen molar-refractivity contribution in [2.75, 3.05) is 0 Å². The van der Waals surface area contributed by atoms with Crippen molar-refractivity contribution in [3.05, 3.63) is 71.3 Å². The summed E-state index contributed by atoms with van der Waals surface area (Å²) in [5.74, 6) is 0. The van der Waals surface area contributed by atoms with Crippen LogP contribution in [0.5, 0.6) is 0 Å². The van der Waals surface area contributed by atoms with E-state index in [-0.39, 0.29) is 0 Å². The summed E-state index contributed by atoms with van der Waals surface area (Å²) >= 11 is 6.11. The fourth-order valence-corrected chi connectivity index (χ4v) is 2.29. The Balaban J connectivity index is 0.000000704. The Labute approximate surface area is 124 Å². The molecule has 0 amide bonds. The van der Waals surface area contributed by atoms with Gasteiger partial charge in [-0.2, -0.15) is 0 Å². The molecule has 0 aliphatic heterocycles. The van der Waals surface area contributed by atoms with Gasteiger partial charge in [0.2, 0.25) is 0 Å². The maximum atomic E-state index is 6.11.